The normalized spacial score (nSPS) is 13.7. The summed E-state index contributed by atoms with van der Waals surface area (Å²) in [4.78, 5) is 10.1. The minimum atomic E-state index is -3.40. The van der Waals surface area contributed by atoms with Crippen molar-refractivity contribution in [2.75, 3.05) is 12.5 Å². The molecule has 1 N–H and O–H groups in total. The van der Waals surface area contributed by atoms with Crippen LogP contribution in [0.25, 0.3) is 33.7 Å². The van der Waals surface area contributed by atoms with Crippen LogP contribution >= 0.6 is 0 Å². The van der Waals surface area contributed by atoms with Gasteiger partial charge in [-0.05, 0) is 122 Å². The molecule has 5 rings (SSSR count). The molecular formula is C36H36N2O4S2. The van der Waals surface area contributed by atoms with Crippen molar-refractivity contribution in [2.24, 2.45) is 0 Å². The molecule has 0 aliphatic rings. The molecule has 1 unspecified atom stereocenters. The molecule has 0 radical (unpaired) electrons. The van der Waals surface area contributed by atoms with E-state index in [1.165, 1.54) is 6.26 Å². The number of rotatable bonds is 8. The van der Waals surface area contributed by atoms with E-state index in [0.717, 1.165) is 49.3 Å². The number of benzene rings is 3. The third-order valence-electron chi connectivity index (χ3n) is 8.08. The van der Waals surface area contributed by atoms with Gasteiger partial charge in [0.25, 0.3) is 0 Å². The van der Waals surface area contributed by atoms with Crippen LogP contribution < -0.4 is 0 Å². The monoisotopic (exact) mass is 624 g/mol. The fraction of sp³-hybridized carbons (Fsp3) is 0.222. The van der Waals surface area contributed by atoms with Crippen LogP contribution in [0.1, 0.15) is 55.6 Å². The molecule has 3 aromatic carbocycles. The van der Waals surface area contributed by atoms with E-state index in [1.54, 1.807) is 46.3 Å². The molecular weight excluding hydrogens is 589 g/mol. The number of aromatic nitrogens is 2. The largest absolute Gasteiger partial charge is 0.612 e. The quantitative estimate of drug-likeness (QED) is 0.146. The van der Waals surface area contributed by atoms with E-state index < -0.39 is 31.4 Å². The zero-order chi connectivity index (χ0) is 31.9. The standard InChI is InChI=1S/C36H36N2O4S2/c1-35(2,39)28-14-17-33(38-23-28)31(25-12-15-30(16-13-25)43(5)40)20-24-9-7-10-26(19-24)32-22-29(36(3,4)44(6,41)42)21-27-11-8-18-37-34(27)32/h7-23,39H,1-6H3/b31-20-. The van der Waals surface area contributed by atoms with Gasteiger partial charge in [-0.3, -0.25) is 9.97 Å². The van der Waals surface area contributed by atoms with Crippen molar-refractivity contribution in [3.63, 3.8) is 0 Å². The first-order valence-corrected chi connectivity index (χ1v) is 17.6. The van der Waals surface area contributed by atoms with Gasteiger partial charge in [0.1, 0.15) is 6.26 Å². The first-order chi connectivity index (χ1) is 20.6. The minimum absolute atomic E-state index is 0.696. The van der Waals surface area contributed by atoms with Gasteiger partial charge in [0.15, 0.2) is 14.7 Å². The maximum absolute atomic E-state index is 12.8. The highest BCUT2D eigenvalue weighted by Gasteiger charge is 2.33. The van der Waals surface area contributed by atoms with Gasteiger partial charge in [0.2, 0.25) is 0 Å². The average molecular weight is 625 g/mol. The number of hydrogen-bond acceptors (Lipinski definition) is 6. The van der Waals surface area contributed by atoms with Gasteiger partial charge in [-0.15, -0.1) is 0 Å². The number of sulfone groups is 1. The molecule has 0 saturated heterocycles. The molecule has 0 spiro atoms. The lowest BCUT2D eigenvalue weighted by Gasteiger charge is -2.24. The maximum atomic E-state index is 12.8. The lowest BCUT2D eigenvalue weighted by atomic mass is 9.92. The fourth-order valence-electron chi connectivity index (χ4n) is 4.98. The number of aliphatic hydroxyl groups is 1. The summed E-state index contributed by atoms with van der Waals surface area (Å²) in [6.45, 7) is 6.90. The van der Waals surface area contributed by atoms with Crippen LogP contribution in [0.3, 0.4) is 0 Å². The smallest absolute Gasteiger partial charge is 0.156 e. The topological polar surface area (TPSA) is 103 Å². The van der Waals surface area contributed by atoms with Gasteiger partial charge < -0.3 is 9.66 Å². The van der Waals surface area contributed by atoms with Crippen molar-refractivity contribution in [1.29, 1.82) is 0 Å². The number of fused-ring (bicyclic) bond motifs is 1. The molecule has 8 heteroatoms. The van der Waals surface area contributed by atoms with Crippen LogP contribution in [0.4, 0.5) is 0 Å². The Morgan fingerprint density at radius 1 is 0.886 bits per heavy atom. The molecule has 0 saturated carbocycles. The summed E-state index contributed by atoms with van der Waals surface area (Å²) in [5.74, 6) is 0. The SMILES string of the molecule is C[S+]([O-])c1ccc(/C(=C/c2cccc(-c3cc(C(C)(C)S(C)(=O)=O)cc4cccnc34)c2)c2ccc(C(C)(C)O)cn2)cc1. The highest BCUT2D eigenvalue weighted by atomic mass is 32.2. The Labute approximate surface area is 262 Å². The first-order valence-electron chi connectivity index (χ1n) is 14.2. The van der Waals surface area contributed by atoms with Crippen molar-refractivity contribution in [1.82, 2.24) is 9.97 Å². The third-order valence-corrected chi connectivity index (χ3v) is 11.1. The Morgan fingerprint density at radius 3 is 2.23 bits per heavy atom. The van der Waals surface area contributed by atoms with E-state index >= 15 is 0 Å². The van der Waals surface area contributed by atoms with E-state index in [9.17, 15) is 18.1 Å². The summed E-state index contributed by atoms with van der Waals surface area (Å²) in [5, 5.41) is 11.3. The van der Waals surface area contributed by atoms with Gasteiger partial charge in [-0.25, -0.2) is 8.42 Å². The maximum Gasteiger partial charge on any atom is 0.156 e. The predicted octanol–water partition coefficient (Wildman–Crippen LogP) is 7.13. The van der Waals surface area contributed by atoms with E-state index in [2.05, 4.69) is 11.1 Å². The molecule has 0 aliphatic carbocycles. The summed E-state index contributed by atoms with van der Waals surface area (Å²) in [6, 6.07) is 27.0. The second-order valence-corrected chi connectivity index (χ2v) is 16.0. The van der Waals surface area contributed by atoms with Crippen LogP contribution in [-0.2, 0) is 31.4 Å². The van der Waals surface area contributed by atoms with Crippen molar-refractivity contribution in [3.8, 4) is 11.1 Å². The summed E-state index contributed by atoms with van der Waals surface area (Å²) < 4.78 is 36.5. The van der Waals surface area contributed by atoms with Crippen LogP contribution in [0.5, 0.6) is 0 Å². The first kappa shape index (κ1) is 31.6. The molecule has 0 amide bonds. The highest BCUT2D eigenvalue weighted by molar-refractivity contribution is 7.91. The van der Waals surface area contributed by atoms with Gasteiger partial charge in [-0.1, -0.05) is 30.3 Å². The lowest BCUT2D eigenvalue weighted by molar-refractivity contribution is 0.0782. The zero-order valence-corrected chi connectivity index (χ0v) is 27.3. The summed E-state index contributed by atoms with van der Waals surface area (Å²) in [7, 11) is -3.40. The Hall–Kier alpha value is -3.82. The summed E-state index contributed by atoms with van der Waals surface area (Å²) >= 11 is -1.10. The van der Waals surface area contributed by atoms with Crippen molar-refractivity contribution >= 4 is 43.6 Å². The molecule has 0 bridgehead atoms. The molecule has 0 fully saturated rings. The highest BCUT2D eigenvalue weighted by Crippen LogP contribution is 2.37. The van der Waals surface area contributed by atoms with Crippen molar-refractivity contribution in [2.45, 2.75) is 42.9 Å². The number of pyridine rings is 2. The third kappa shape index (κ3) is 6.49. The van der Waals surface area contributed by atoms with E-state index in [-0.39, 0.29) is 0 Å². The van der Waals surface area contributed by atoms with E-state index in [0.29, 0.717) is 11.1 Å². The zero-order valence-electron chi connectivity index (χ0n) is 25.7. The van der Waals surface area contributed by atoms with E-state index in [4.69, 9.17) is 4.98 Å². The second-order valence-electron chi connectivity index (χ2n) is 12.0. The van der Waals surface area contributed by atoms with Crippen LogP contribution in [0.2, 0.25) is 0 Å². The van der Waals surface area contributed by atoms with E-state index in [1.807, 2.05) is 84.9 Å². The van der Waals surface area contributed by atoms with Gasteiger partial charge >= 0.3 is 0 Å². The van der Waals surface area contributed by atoms with Crippen molar-refractivity contribution in [3.05, 3.63) is 125 Å². The second kappa shape index (κ2) is 11.9. The molecule has 5 aromatic rings. The number of nitrogens with zero attached hydrogens (tertiary/aromatic N) is 2. The Kier molecular flexibility index (Phi) is 8.57. The van der Waals surface area contributed by atoms with Crippen molar-refractivity contribution < 1.29 is 18.1 Å². The fourth-order valence-corrected chi connectivity index (χ4v) is 6.05. The Balaban J connectivity index is 1.67. The molecule has 44 heavy (non-hydrogen) atoms. The van der Waals surface area contributed by atoms with Gasteiger partial charge in [0.05, 0.1) is 21.6 Å². The van der Waals surface area contributed by atoms with Crippen LogP contribution in [0.15, 0.2) is 102 Å². The van der Waals surface area contributed by atoms with Gasteiger partial charge in [-0.2, -0.15) is 0 Å². The average Bonchev–Trinajstić information content (AvgIpc) is 2.98. The molecule has 2 aromatic heterocycles. The Morgan fingerprint density at radius 2 is 1.61 bits per heavy atom. The summed E-state index contributed by atoms with van der Waals surface area (Å²) in [5.41, 5.74) is 6.29. The molecule has 226 valence electrons. The molecule has 2 heterocycles. The minimum Gasteiger partial charge on any atom is -0.612 e. The lowest BCUT2D eigenvalue weighted by Crippen LogP contribution is -2.28. The van der Waals surface area contributed by atoms with Crippen LogP contribution in [0, 0.1) is 0 Å². The number of hydrogen-bond donors (Lipinski definition) is 1. The summed E-state index contributed by atoms with van der Waals surface area (Å²) in [6.07, 6.45) is 8.39. The molecule has 6 nitrogen and oxygen atoms in total. The van der Waals surface area contributed by atoms with Crippen LogP contribution in [-0.4, -0.2) is 40.6 Å². The predicted molar refractivity (Wildman–Crippen MR) is 180 cm³/mol. The molecule has 1 atom stereocenters. The Bertz CT molecular complexity index is 1960. The van der Waals surface area contributed by atoms with Gasteiger partial charge in [0, 0.05) is 40.7 Å². The molecule has 0 aliphatic heterocycles.